The second-order valence-corrected chi connectivity index (χ2v) is 1.32. The van der Waals surface area contributed by atoms with E-state index >= 15 is 0 Å². The molecule has 0 radical (unpaired) electrons. The summed E-state index contributed by atoms with van der Waals surface area (Å²) in [5, 5.41) is 0. The van der Waals surface area contributed by atoms with Crippen molar-refractivity contribution in [1.82, 2.24) is 0 Å². The van der Waals surface area contributed by atoms with Crippen molar-refractivity contribution in [2.45, 2.75) is 20.3 Å². The predicted octanol–water partition coefficient (Wildman–Crippen LogP) is 0.481. The topological polar surface area (TPSA) is 43.4 Å². The van der Waals surface area contributed by atoms with Gasteiger partial charge in [0.25, 0.3) is 0 Å². The van der Waals surface area contributed by atoms with E-state index in [-0.39, 0.29) is 49.9 Å². The van der Waals surface area contributed by atoms with Crippen LogP contribution in [0.25, 0.3) is 0 Å². The van der Waals surface area contributed by atoms with Crippen LogP contribution in [0.4, 0.5) is 0 Å². The van der Waals surface area contributed by atoms with Crippen molar-refractivity contribution in [1.29, 1.82) is 0 Å². The fourth-order valence-corrected chi connectivity index (χ4v) is 0.232. The summed E-state index contributed by atoms with van der Waals surface area (Å²) in [6.45, 7) is 2.83. The van der Waals surface area contributed by atoms with Gasteiger partial charge in [0.2, 0.25) is 0 Å². The second kappa shape index (κ2) is 9.57. The first-order valence-corrected chi connectivity index (χ1v) is 2.38. The molecule has 0 aromatic heterocycles. The first-order chi connectivity index (χ1) is 3.66. The maximum absolute atomic E-state index is 10.2. The number of hydrogen-bond acceptors (Lipinski definition) is 3. The zero-order valence-electron chi connectivity index (χ0n) is 5.93. The van der Waals surface area contributed by atoms with Crippen molar-refractivity contribution in [2.24, 2.45) is 0 Å². The standard InChI is InChI=1S/C5H8O3.2Ti/c1-3-5(7)8-4(2)6;;/h3H2,1-2H3;;. The van der Waals surface area contributed by atoms with Gasteiger partial charge in [-0.15, -0.1) is 0 Å². The SMILES string of the molecule is CCC(=O)OC(C)=O.[Ti].[Ti]. The minimum Gasteiger partial charge on any atom is -0.393 e. The first-order valence-electron chi connectivity index (χ1n) is 2.38. The van der Waals surface area contributed by atoms with Crippen LogP contribution in [-0.2, 0) is 57.8 Å². The van der Waals surface area contributed by atoms with Gasteiger partial charge in [-0.25, -0.2) is 0 Å². The Kier molecular flexibility index (Phi) is 16.2. The number of ether oxygens (including phenoxy) is 1. The molecule has 0 aliphatic heterocycles. The van der Waals surface area contributed by atoms with Crippen molar-refractivity contribution in [3.8, 4) is 0 Å². The molecule has 0 heterocycles. The van der Waals surface area contributed by atoms with E-state index in [1.807, 2.05) is 0 Å². The number of hydrogen-bond donors (Lipinski definition) is 0. The smallest absolute Gasteiger partial charge is 0.313 e. The Morgan fingerprint density at radius 2 is 1.70 bits per heavy atom. The molecular weight excluding hydrogens is 204 g/mol. The molecule has 0 aromatic carbocycles. The van der Waals surface area contributed by atoms with E-state index in [0.717, 1.165) is 0 Å². The van der Waals surface area contributed by atoms with Gasteiger partial charge in [-0.2, -0.15) is 0 Å². The molecular formula is C5H8O3Ti2. The molecule has 10 heavy (non-hydrogen) atoms. The van der Waals surface area contributed by atoms with Crippen LogP contribution in [0.3, 0.4) is 0 Å². The number of rotatable bonds is 1. The molecule has 0 rings (SSSR count). The fourth-order valence-electron chi connectivity index (χ4n) is 0.232. The van der Waals surface area contributed by atoms with E-state index in [1.54, 1.807) is 6.92 Å². The van der Waals surface area contributed by atoms with Crippen molar-refractivity contribution in [3.05, 3.63) is 0 Å². The maximum Gasteiger partial charge on any atom is 0.313 e. The van der Waals surface area contributed by atoms with E-state index in [9.17, 15) is 9.59 Å². The molecule has 0 saturated heterocycles. The van der Waals surface area contributed by atoms with Crippen LogP contribution in [0, 0.1) is 0 Å². The Hall–Kier alpha value is 0.569. The van der Waals surface area contributed by atoms with Gasteiger partial charge in [0.05, 0.1) is 0 Å². The quantitative estimate of drug-likeness (QED) is 0.360. The third-order valence-electron chi connectivity index (χ3n) is 0.546. The summed E-state index contributed by atoms with van der Waals surface area (Å²) in [6.07, 6.45) is 0.250. The molecule has 0 aliphatic rings. The van der Waals surface area contributed by atoms with Gasteiger partial charge in [0.1, 0.15) is 0 Å². The molecule has 0 spiro atoms. The Labute approximate surface area is 89.6 Å². The van der Waals surface area contributed by atoms with Crippen molar-refractivity contribution in [2.75, 3.05) is 0 Å². The van der Waals surface area contributed by atoms with Gasteiger partial charge in [-0.1, -0.05) is 6.92 Å². The van der Waals surface area contributed by atoms with Crippen LogP contribution in [0.15, 0.2) is 0 Å². The van der Waals surface area contributed by atoms with Crippen LogP contribution in [0.1, 0.15) is 20.3 Å². The average Bonchev–Trinajstić information content (AvgIpc) is 1.65. The molecule has 54 valence electrons. The normalized spacial score (nSPS) is 6.60. The molecule has 0 unspecified atom stereocenters. The van der Waals surface area contributed by atoms with E-state index in [4.69, 9.17) is 0 Å². The number of esters is 2. The van der Waals surface area contributed by atoms with Gasteiger partial charge >= 0.3 is 11.9 Å². The molecule has 0 bridgehead atoms. The van der Waals surface area contributed by atoms with Gasteiger partial charge in [0.15, 0.2) is 0 Å². The average molecular weight is 212 g/mol. The van der Waals surface area contributed by atoms with Crippen LogP contribution in [0.2, 0.25) is 0 Å². The zero-order valence-corrected chi connectivity index (χ0v) is 9.05. The molecule has 0 atom stereocenters. The molecule has 0 aromatic rings. The Bertz CT molecular complexity index is 113. The van der Waals surface area contributed by atoms with E-state index in [2.05, 4.69) is 4.74 Å². The molecule has 5 heteroatoms. The van der Waals surface area contributed by atoms with Crippen LogP contribution < -0.4 is 0 Å². The summed E-state index contributed by atoms with van der Waals surface area (Å²) in [5.74, 6) is -1.02. The van der Waals surface area contributed by atoms with E-state index in [0.29, 0.717) is 0 Å². The summed E-state index contributed by atoms with van der Waals surface area (Å²) in [5.41, 5.74) is 0. The molecule has 3 nitrogen and oxygen atoms in total. The van der Waals surface area contributed by atoms with Gasteiger partial charge < -0.3 is 4.74 Å². The summed E-state index contributed by atoms with van der Waals surface area (Å²) in [6, 6.07) is 0. The summed E-state index contributed by atoms with van der Waals surface area (Å²) < 4.78 is 4.12. The Morgan fingerprint density at radius 1 is 1.30 bits per heavy atom. The van der Waals surface area contributed by atoms with Gasteiger partial charge in [-0.05, 0) is 0 Å². The Balaban J connectivity index is -0.000000245. The molecule has 0 N–H and O–H groups in total. The summed E-state index contributed by atoms with van der Waals surface area (Å²) >= 11 is 0. The minimum atomic E-state index is -0.545. The van der Waals surface area contributed by atoms with E-state index < -0.39 is 11.9 Å². The number of carbonyl (C=O) groups excluding carboxylic acids is 2. The fraction of sp³-hybridized carbons (Fsp3) is 0.600. The molecule has 0 aliphatic carbocycles. The first kappa shape index (κ1) is 16.9. The zero-order chi connectivity index (χ0) is 6.57. The Morgan fingerprint density at radius 3 is 1.80 bits per heavy atom. The van der Waals surface area contributed by atoms with Crippen LogP contribution >= 0.6 is 0 Å². The third-order valence-corrected chi connectivity index (χ3v) is 0.546. The van der Waals surface area contributed by atoms with Gasteiger partial charge in [-0.3, -0.25) is 9.59 Å². The van der Waals surface area contributed by atoms with Crippen LogP contribution in [0.5, 0.6) is 0 Å². The van der Waals surface area contributed by atoms with Crippen molar-refractivity contribution >= 4 is 11.9 Å². The van der Waals surface area contributed by atoms with Gasteiger partial charge in [0, 0.05) is 56.8 Å². The predicted molar refractivity (Wildman–Crippen MR) is 27.1 cm³/mol. The van der Waals surface area contributed by atoms with Crippen LogP contribution in [-0.4, -0.2) is 11.9 Å². The van der Waals surface area contributed by atoms with Crippen molar-refractivity contribution in [3.63, 3.8) is 0 Å². The second-order valence-electron chi connectivity index (χ2n) is 1.32. The van der Waals surface area contributed by atoms with Crippen molar-refractivity contribution < 1.29 is 57.8 Å². The molecule has 0 saturated carbocycles. The molecule has 0 fully saturated rings. The minimum absolute atomic E-state index is 0. The third kappa shape index (κ3) is 11.4. The molecule has 0 amide bonds. The largest absolute Gasteiger partial charge is 0.393 e. The number of carbonyl (C=O) groups is 2. The summed E-state index contributed by atoms with van der Waals surface area (Å²) in [4.78, 5) is 20.1. The maximum atomic E-state index is 10.2. The summed E-state index contributed by atoms with van der Waals surface area (Å²) in [7, 11) is 0. The van der Waals surface area contributed by atoms with E-state index in [1.165, 1.54) is 6.92 Å². The monoisotopic (exact) mass is 212 g/mol.